The van der Waals surface area contributed by atoms with E-state index in [9.17, 15) is 0 Å². The zero-order valence-corrected chi connectivity index (χ0v) is 56.9. The highest BCUT2D eigenvalue weighted by molar-refractivity contribution is 7.02. The first kappa shape index (κ1) is 60.5. The Balaban J connectivity index is 0.000000134. The average Bonchev–Trinajstić information content (AvgIpc) is 1.00. The first-order valence-electron chi connectivity index (χ1n) is 35.6. The molecule has 0 fully saturated rings. The first-order chi connectivity index (χ1) is 46.7. The summed E-state index contributed by atoms with van der Waals surface area (Å²) in [5.74, 6) is 0. The van der Waals surface area contributed by atoms with Crippen molar-refractivity contribution in [1.82, 2.24) is 0 Å². The van der Waals surface area contributed by atoms with Gasteiger partial charge in [0.15, 0.2) is 0 Å². The summed E-state index contributed by atoms with van der Waals surface area (Å²) >= 11 is 0. The van der Waals surface area contributed by atoms with Crippen LogP contribution in [-0.2, 0) is 25.7 Å². The smallest absolute Gasteiger partial charge is 0.0683 e. The molecule has 0 saturated carbocycles. The molecule has 0 amide bonds. The molecule has 0 N–H and O–H groups in total. The highest BCUT2D eigenvalue weighted by Gasteiger charge is 2.44. The molecule has 2 heteroatoms. The molecule has 14 aromatic rings. The van der Waals surface area contributed by atoms with Crippen molar-refractivity contribution in [2.24, 2.45) is 0 Å². The molecule has 456 valence electrons. The van der Waals surface area contributed by atoms with Gasteiger partial charge in [0.25, 0.3) is 0 Å². The summed E-state index contributed by atoms with van der Waals surface area (Å²) in [5.41, 5.74) is 43.6. The summed E-state index contributed by atoms with van der Waals surface area (Å²) in [4.78, 5) is 0. The van der Waals surface area contributed by atoms with E-state index in [2.05, 4.69) is 231 Å². The Morgan fingerprint density at radius 1 is 0.202 bits per heavy atom. The van der Waals surface area contributed by atoms with E-state index < -0.39 is 0 Å². The Morgan fingerprint density at radius 3 is 0.819 bits per heavy atom. The van der Waals surface area contributed by atoms with E-state index in [0.717, 1.165) is 25.7 Å². The average molecular weight is 1210 g/mol. The first-order valence-corrected chi connectivity index (χ1v) is 35.6. The van der Waals surface area contributed by atoms with E-state index in [1.807, 2.05) is 83.1 Å². The van der Waals surface area contributed by atoms with Gasteiger partial charge in [0.1, 0.15) is 0 Å². The standard InChI is InChI=1S/2C40H23B.6C2H6/c1-3-12-28-22(8-1)18-26-20-24-10-5-16-32-36(24)38(34(26)28)30-14-7-15-31-39-35-27(19-23-9-2-4-13-29(23)35)21-25-11-6-17-33(37(25)39)41(32)40(30)31;1-3-12-26-22(8-1)18-32-30(26)20-24-10-5-16-34-36(24)38(32)28-14-7-15-29-39-33-19-23-9-2-4-13-27(23)31(33)21-25-11-6-17-35(37(25)39)41(34)40(28)29;6*1-2/h2*1-17,20-21H,18-19H2;6*1-2H3. The van der Waals surface area contributed by atoms with Crippen molar-refractivity contribution < 1.29 is 0 Å². The minimum Gasteiger partial charge on any atom is -0.0683 e. The maximum absolute atomic E-state index is 2.48. The van der Waals surface area contributed by atoms with E-state index in [1.165, 1.54) is 209 Å². The van der Waals surface area contributed by atoms with Crippen LogP contribution in [0.2, 0.25) is 0 Å². The van der Waals surface area contributed by atoms with E-state index in [4.69, 9.17) is 0 Å². The van der Waals surface area contributed by atoms with Crippen molar-refractivity contribution in [3.8, 4) is 89.0 Å². The molecule has 0 radical (unpaired) electrons. The maximum Gasteiger partial charge on any atom is 0.244 e. The monoisotopic (exact) mass is 1210 g/mol. The van der Waals surface area contributed by atoms with Gasteiger partial charge in [0.05, 0.1) is 0 Å². The van der Waals surface area contributed by atoms with E-state index in [0.29, 0.717) is 0 Å². The molecule has 0 atom stereocenters. The lowest BCUT2D eigenvalue weighted by atomic mass is 9.31. The molecule has 8 aliphatic rings. The SMILES string of the molecule is CC.CC.CC.CC.CC.CC.c1ccc2c(c1)Cc1c-2cc2cccc3c2c1-c1cccc2c1B3c1cccc3cc4c(c-2c13)Cc1ccccc1-4.c1ccc2c(c1)Cc1cc3cccc4c3c(c1-2)-c1cccc2c1B4c1cccc3cc4c(c-2c13)-c1ccccc1C4. The summed E-state index contributed by atoms with van der Waals surface area (Å²) in [5, 5.41) is 11.3. The Morgan fingerprint density at radius 2 is 0.468 bits per heavy atom. The van der Waals surface area contributed by atoms with Gasteiger partial charge in [-0.15, -0.1) is 0 Å². The van der Waals surface area contributed by atoms with Crippen molar-refractivity contribution >= 4 is 89.3 Å². The number of rotatable bonds is 0. The third-order valence-corrected chi connectivity index (χ3v) is 21.0. The van der Waals surface area contributed by atoms with Crippen LogP contribution in [0.1, 0.15) is 128 Å². The van der Waals surface area contributed by atoms with Gasteiger partial charge in [-0.2, -0.15) is 0 Å². The third-order valence-electron chi connectivity index (χ3n) is 21.0. The molecule has 0 unspecified atom stereocenters. The number of fused-ring (bicyclic) bond motifs is 24. The van der Waals surface area contributed by atoms with Crippen LogP contribution in [0.4, 0.5) is 0 Å². The van der Waals surface area contributed by atoms with Crippen LogP contribution in [-0.4, -0.2) is 13.4 Å². The maximum atomic E-state index is 2.48. The van der Waals surface area contributed by atoms with Crippen LogP contribution < -0.4 is 32.8 Å². The second-order valence-corrected chi connectivity index (χ2v) is 24.6. The molecule has 4 aliphatic carbocycles. The van der Waals surface area contributed by atoms with Gasteiger partial charge in [-0.05, 0) is 214 Å². The molecule has 0 nitrogen and oxygen atoms in total. The minimum atomic E-state index is 0.234. The summed E-state index contributed by atoms with van der Waals surface area (Å²) in [6, 6.07) is 88.5. The predicted molar refractivity (Wildman–Crippen MR) is 415 cm³/mol. The summed E-state index contributed by atoms with van der Waals surface area (Å²) in [6.45, 7) is 24.5. The van der Waals surface area contributed by atoms with Gasteiger partial charge in [0, 0.05) is 0 Å². The molecule has 0 saturated heterocycles. The molecule has 0 bridgehead atoms. The van der Waals surface area contributed by atoms with Gasteiger partial charge in [0.2, 0.25) is 13.4 Å². The van der Waals surface area contributed by atoms with Crippen LogP contribution in [0.3, 0.4) is 0 Å². The van der Waals surface area contributed by atoms with Gasteiger partial charge in [-0.1, -0.05) is 334 Å². The van der Waals surface area contributed by atoms with E-state index in [1.54, 1.807) is 0 Å². The highest BCUT2D eigenvalue weighted by Crippen LogP contribution is 2.54. The second-order valence-electron chi connectivity index (χ2n) is 24.6. The van der Waals surface area contributed by atoms with Crippen molar-refractivity contribution in [2.45, 2.75) is 109 Å². The fraction of sp³-hybridized carbons (Fsp3) is 0.174. The molecule has 4 heterocycles. The Bertz CT molecular complexity index is 5090. The molecule has 4 aliphatic heterocycles. The van der Waals surface area contributed by atoms with Crippen LogP contribution in [0.15, 0.2) is 231 Å². The molecule has 0 aromatic heterocycles. The molecular formula is C92H82B2. The zero-order valence-electron chi connectivity index (χ0n) is 56.9. The van der Waals surface area contributed by atoms with Crippen LogP contribution >= 0.6 is 0 Å². The molecule has 22 rings (SSSR count). The predicted octanol–water partition coefficient (Wildman–Crippen LogP) is 21.4. The van der Waals surface area contributed by atoms with Crippen LogP contribution in [0, 0.1) is 0 Å². The largest absolute Gasteiger partial charge is 0.244 e. The van der Waals surface area contributed by atoms with E-state index >= 15 is 0 Å². The van der Waals surface area contributed by atoms with Crippen molar-refractivity contribution in [3.05, 3.63) is 275 Å². The summed E-state index contributed by atoms with van der Waals surface area (Å²) < 4.78 is 0. The minimum absolute atomic E-state index is 0.234. The molecule has 0 spiro atoms. The van der Waals surface area contributed by atoms with Gasteiger partial charge in [-0.25, -0.2) is 0 Å². The van der Waals surface area contributed by atoms with Gasteiger partial charge >= 0.3 is 0 Å². The van der Waals surface area contributed by atoms with Crippen molar-refractivity contribution in [2.75, 3.05) is 0 Å². The fourth-order valence-corrected chi connectivity index (χ4v) is 18.1. The normalized spacial score (nSPS) is 12.7. The number of benzene rings is 14. The van der Waals surface area contributed by atoms with Crippen LogP contribution in [0.5, 0.6) is 0 Å². The molecule has 94 heavy (non-hydrogen) atoms. The Labute approximate surface area is 558 Å². The third kappa shape index (κ3) is 8.40. The fourth-order valence-electron chi connectivity index (χ4n) is 18.1. The van der Waals surface area contributed by atoms with E-state index in [-0.39, 0.29) is 13.4 Å². The quantitative estimate of drug-likeness (QED) is 0.133. The summed E-state index contributed by atoms with van der Waals surface area (Å²) in [7, 11) is 0. The number of hydrogen-bond donors (Lipinski definition) is 0. The second kappa shape index (κ2) is 24.3. The zero-order chi connectivity index (χ0) is 64.8. The van der Waals surface area contributed by atoms with Gasteiger partial charge < -0.3 is 0 Å². The topological polar surface area (TPSA) is 0 Å². The lowest BCUT2D eigenvalue weighted by Gasteiger charge is -2.35. The van der Waals surface area contributed by atoms with Crippen LogP contribution in [0.25, 0.3) is 132 Å². The molecule has 14 aromatic carbocycles. The molecular weight excluding hydrogens is 1130 g/mol. The highest BCUT2D eigenvalue weighted by atomic mass is 14.4. The van der Waals surface area contributed by atoms with Crippen molar-refractivity contribution in [3.63, 3.8) is 0 Å². The van der Waals surface area contributed by atoms with Gasteiger partial charge in [-0.3, -0.25) is 0 Å². The Kier molecular flexibility index (Phi) is 15.6. The number of hydrogen-bond acceptors (Lipinski definition) is 0. The lowest BCUT2D eigenvalue weighted by molar-refractivity contribution is 1.27. The lowest BCUT2D eigenvalue weighted by Crippen LogP contribution is -2.57. The van der Waals surface area contributed by atoms with Crippen molar-refractivity contribution in [1.29, 1.82) is 0 Å². The summed E-state index contributed by atoms with van der Waals surface area (Å²) in [6.07, 6.45) is 4.06. The Hall–Kier alpha value is -9.75.